The lowest BCUT2D eigenvalue weighted by molar-refractivity contribution is -0.127. The molecule has 3 atom stereocenters. The van der Waals surface area contributed by atoms with Crippen molar-refractivity contribution in [2.75, 3.05) is 20.1 Å². The molecule has 0 aromatic rings. The summed E-state index contributed by atoms with van der Waals surface area (Å²) in [5.41, 5.74) is 5.66. The summed E-state index contributed by atoms with van der Waals surface area (Å²) in [5, 5.41) is 3.16. The zero-order chi connectivity index (χ0) is 13.0. The first-order valence-electron chi connectivity index (χ1n) is 6.66. The average molecular weight is 241 g/mol. The summed E-state index contributed by atoms with van der Waals surface area (Å²) in [6.07, 6.45) is 2.08. The van der Waals surface area contributed by atoms with E-state index in [1.165, 1.54) is 0 Å². The van der Waals surface area contributed by atoms with E-state index in [9.17, 15) is 4.79 Å². The quantitative estimate of drug-likeness (QED) is 0.766. The lowest BCUT2D eigenvalue weighted by Crippen LogP contribution is -2.50. The first kappa shape index (κ1) is 14.5. The SMILES string of the molecule is CC(C)C(CN)C(=O)NC1CCN(C)C(C)C1. The van der Waals surface area contributed by atoms with Gasteiger partial charge in [0.1, 0.15) is 0 Å². The molecule has 0 saturated carbocycles. The zero-order valence-electron chi connectivity index (χ0n) is 11.6. The van der Waals surface area contributed by atoms with Gasteiger partial charge in [-0.3, -0.25) is 4.79 Å². The highest BCUT2D eigenvalue weighted by molar-refractivity contribution is 5.79. The molecule has 1 aliphatic rings. The molecule has 1 heterocycles. The Hall–Kier alpha value is -0.610. The Morgan fingerprint density at radius 3 is 2.65 bits per heavy atom. The molecule has 1 saturated heterocycles. The van der Waals surface area contributed by atoms with E-state index in [4.69, 9.17) is 5.73 Å². The van der Waals surface area contributed by atoms with Crippen LogP contribution in [0.5, 0.6) is 0 Å². The van der Waals surface area contributed by atoms with Crippen molar-refractivity contribution in [1.82, 2.24) is 10.2 Å². The van der Waals surface area contributed by atoms with Crippen LogP contribution < -0.4 is 11.1 Å². The van der Waals surface area contributed by atoms with Crippen molar-refractivity contribution in [3.05, 3.63) is 0 Å². The van der Waals surface area contributed by atoms with E-state index in [-0.39, 0.29) is 11.8 Å². The molecule has 1 rings (SSSR count). The van der Waals surface area contributed by atoms with Crippen molar-refractivity contribution < 1.29 is 4.79 Å². The smallest absolute Gasteiger partial charge is 0.224 e. The Kier molecular flexibility index (Phi) is 5.40. The number of nitrogens with two attached hydrogens (primary N) is 1. The molecular formula is C13H27N3O. The van der Waals surface area contributed by atoms with Crippen LogP contribution in [0.25, 0.3) is 0 Å². The van der Waals surface area contributed by atoms with Crippen LogP contribution in [-0.4, -0.2) is 43.0 Å². The van der Waals surface area contributed by atoms with E-state index in [2.05, 4.69) is 24.2 Å². The maximum absolute atomic E-state index is 12.1. The first-order valence-corrected chi connectivity index (χ1v) is 6.66. The lowest BCUT2D eigenvalue weighted by Gasteiger charge is -2.36. The van der Waals surface area contributed by atoms with Gasteiger partial charge in [0.05, 0.1) is 5.92 Å². The molecule has 0 bridgehead atoms. The van der Waals surface area contributed by atoms with Crippen molar-refractivity contribution in [3.8, 4) is 0 Å². The largest absolute Gasteiger partial charge is 0.353 e. The monoisotopic (exact) mass is 241 g/mol. The standard InChI is InChI=1S/C13H27N3O/c1-9(2)12(8-14)13(17)15-11-5-6-16(4)10(3)7-11/h9-12H,5-8,14H2,1-4H3,(H,15,17). The molecule has 0 spiro atoms. The molecule has 17 heavy (non-hydrogen) atoms. The molecule has 1 aliphatic heterocycles. The fourth-order valence-corrected chi connectivity index (χ4v) is 2.41. The Balaban J connectivity index is 2.46. The van der Waals surface area contributed by atoms with Crippen LogP contribution in [0, 0.1) is 11.8 Å². The Labute approximate surface area is 105 Å². The predicted octanol–water partition coefficient (Wildman–Crippen LogP) is 0.816. The number of carbonyl (C=O) groups excluding carboxylic acids is 1. The Morgan fingerprint density at radius 2 is 2.18 bits per heavy atom. The number of rotatable bonds is 4. The lowest BCUT2D eigenvalue weighted by atomic mass is 9.93. The summed E-state index contributed by atoms with van der Waals surface area (Å²) in [6.45, 7) is 7.80. The van der Waals surface area contributed by atoms with Crippen molar-refractivity contribution in [3.63, 3.8) is 0 Å². The second kappa shape index (κ2) is 6.36. The summed E-state index contributed by atoms with van der Waals surface area (Å²) >= 11 is 0. The molecule has 0 aromatic heterocycles. The highest BCUT2D eigenvalue weighted by Gasteiger charge is 2.27. The molecule has 0 aromatic carbocycles. The van der Waals surface area contributed by atoms with Crippen LogP contribution in [-0.2, 0) is 4.79 Å². The number of likely N-dealkylation sites (tertiary alicyclic amines) is 1. The summed E-state index contributed by atoms with van der Waals surface area (Å²) < 4.78 is 0. The van der Waals surface area contributed by atoms with E-state index in [1.807, 2.05) is 13.8 Å². The first-order chi connectivity index (χ1) is 7.95. The number of piperidine rings is 1. The van der Waals surface area contributed by atoms with Gasteiger partial charge in [-0.2, -0.15) is 0 Å². The number of hydrogen-bond acceptors (Lipinski definition) is 3. The summed E-state index contributed by atoms with van der Waals surface area (Å²) in [6, 6.07) is 0.867. The minimum Gasteiger partial charge on any atom is -0.353 e. The minimum absolute atomic E-state index is 0.0510. The molecule has 0 radical (unpaired) electrons. The van der Waals surface area contributed by atoms with Gasteiger partial charge >= 0.3 is 0 Å². The maximum atomic E-state index is 12.1. The van der Waals surface area contributed by atoms with E-state index in [0.717, 1.165) is 19.4 Å². The van der Waals surface area contributed by atoms with Gasteiger partial charge < -0.3 is 16.0 Å². The van der Waals surface area contributed by atoms with Crippen molar-refractivity contribution in [2.45, 2.75) is 45.7 Å². The second-order valence-electron chi connectivity index (χ2n) is 5.65. The van der Waals surface area contributed by atoms with E-state index in [1.54, 1.807) is 0 Å². The molecule has 100 valence electrons. The van der Waals surface area contributed by atoms with Crippen molar-refractivity contribution in [1.29, 1.82) is 0 Å². The third kappa shape index (κ3) is 3.96. The third-order valence-corrected chi connectivity index (χ3v) is 3.95. The van der Waals surface area contributed by atoms with Crippen LogP contribution in [0.2, 0.25) is 0 Å². The molecule has 0 aliphatic carbocycles. The van der Waals surface area contributed by atoms with Gasteiger partial charge in [0.15, 0.2) is 0 Å². The third-order valence-electron chi connectivity index (χ3n) is 3.95. The van der Waals surface area contributed by atoms with Gasteiger partial charge in [0.2, 0.25) is 5.91 Å². The number of nitrogens with one attached hydrogen (secondary N) is 1. The maximum Gasteiger partial charge on any atom is 0.224 e. The van der Waals surface area contributed by atoms with Gasteiger partial charge in [-0.25, -0.2) is 0 Å². The number of carbonyl (C=O) groups is 1. The average Bonchev–Trinajstić information content (AvgIpc) is 2.24. The normalized spacial score (nSPS) is 28.1. The van der Waals surface area contributed by atoms with Gasteiger partial charge in [0.25, 0.3) is 0 Å². The fourth-order valence-electron chi connectivity index (χ4n) is 2.41. The summed E-state index contributed by atoms with van der Waals surface area (Å²) in [4.78, 5) is 14.4. The van der Waals surface area contributed by atoms with Gasteiger partial charge in [0, 0.05) is 25.2 Å². The molecule has 3 N–H and O–H groups in total. The van der Waals surface area contributed by atoms with E-state index in [0.29, 0.717) is 24.5 Å². The van der Waals surface area contributed by atoms with Crippen LogP contribution in [0.1, 0.15) is 33.6 Å². The van der Waals surface area contributed by atoms with Crippen LogP contribution in [0.3, 0.4) is 0 Å². The minimum atomic E-state index is -0.0510. The van der Waals surface area contributed by atoms with Crippen LogP contribution in [0.4, 0.5) is 0 Å². The summed E-state index contributed by atoms with van der Waals surface area (Å²) in [7, 11) is 2.14. The molecular weight excluding hydrogens is 214 g/mol. The number of nitrogens with zero attached hydrogens (tertiary/aromatic N) is 1. The topological polar surface area (TPSA) is 58.4 Å². The molecule has 4 nitrogen and oxygen atoms in total. The molecule has 1 amide bonds. The Morgan fingerprint density at radius 1 is 1.53 bits per heavy atom. The van der Waals surface area contributed by atoms with Crippen LogP contribution >= 0.6 is 0 Å². The molecule has 3 unspecified atom stereocenters. The van der Waals surface area contributed by atoms with E-state index >= 15 is 0 Å². The predicted molar refractivity (Wildman–Crippen MR) is 70.6 cm³/mol. The van der Waals surface area contributed by atoms with Crippen LogP contribution in [0.15, 0.2) is 0 Å². The highest BCUT2D eigenvalue weighted by atomic mass is 16.2. The molecule has 1 fully saturated rings. The van der Waals surface area contributed by atoms with Crippen molar-refractivity contribution in [2.24, 2.45) is 17.6 Å². The van der Waals surface area contributed by atoms with Crippen molar-refractivity contribution >= 4 is 5.91 Å². The Bertz CT molecular complexity index is 255. The zero-order valence-corrected chi connectivity index (χ0v) is 11.6. The van der Waals surface area contributed by atoms with Gasteiger partial charge in [-0.15, -0.1) is 0 Å². The fraction of sp³-hybridized carbons (Fsp3) is 0.923. The number of amides is 1. The summed E-state index contributed by atoms with van der Waals surface area (Å²) in [5.74, 6) is 0.387. The van der Waals surface area contributed by atoms with Gasteiger partial charge in [-0.1, -0.05) is 13.8 Å². The second-order valence-corrected chi connectivity index (χ2v) is 5.65. The highest BCUT2D eigenvalue weighted by Crippen LogP contribution is 2.17. The number of hydrogen-bond donors (Lipinski definition) is 2. The molecule has 4 heteroatoms. The van der Waals surface area contributed by atoms with Gasteiger partial charge in [-0.05, 0) is 32.7 Å². The van der Waals surface area contributed by atoms with E-state index < -0.39 is 0 Å².